The van der Waals surface area contributed by atoms with E-state index in [2.05, 4.69) is 156 Å². The molecule has 0 aliphatic heterocycles. The summed E-state index contributed by atoms with van der Waals surface area (Å²) < 4.78 is 11.8. The highest BCUT2D eigenvalue weighted by Gasteiger charge is 2.39. The van der Waals surface area contributed by atoms with Crippen LogP contribution in [0, 0.1) is 10.8 Å². The van der Waals surface area contributed by atoms with Gasteiger partial charge in [0.05, 0.1) is 0 Å². The minimum absolute atomic E-state index is 0.0929. The Kier molecular flexibility index (Phi) is 11.0. The van der Waals surface area contributed by atoms with Crippen LogP contribution in [0.1, 0.15) is 80.4 Å². The summed E-state index contributed by atoms with van der Waals surface area (Å²) in [6.45, 7) is 31.9. The fraction of sp³-hybridized carbons (Fsp3) is 0.625. The summed E-state index contributed by atoms with van der Waals surface area (Å²) in [7, 11) is -3.42. The fourth-order valence-corrected chi connectivity index (χ4v) is 12.3. The topological polar surface area (TPSA) is 18.5 Å². The van der Waals surface area contributed by atoms with Gasteiger partial charge in [-0.2, -0.15) is 0 Å². The molecule has 36 heavy (non-hydrogen) atoms. The molecular formula is C32H56O2Si2. The third-order valence-electron chi connectivity index (χ3n) is 6.96. The highest BCUT2D eigenvalue weighted by atomic mass is 28.4. The van der Waals surface area contributed by atoms with E-state index in [1.54, 1.807) is 0 Å². The molecule has 0 aromatic heterocycles. The molecule has 2 rings (SSSR count). The lowest BCUT2D eigenvalue weighted by Gasteiger charge is -2.43. The molecule has 0 atom stereocenters. The van der Waals surface area contributed by atoms with Crippen molar-refractivity contribution < 1.29 is 9.15 Å². The average molecular weight is 529 g/mol. The monoisotopic (exact) mass is 528 g/mol. The van der Waals surface area contributed by atoms with Crippen LogP contribution in [-0.2, 0) is 20.0 Å². The van der Waals surface area contributed by atoms with Gasteiger partial charge in [-0.05, 0) is 71.1 Å². The van der Waals surface area contributed by atoms with Crippen LogP contribution in [0.2, 0.25) is 38.3 Å². The molecule has 4 heteroatoms. The number of hydrogen-bond donors (Lipinski definition) is 0. The molecule has 0 heterocycles. The number of benzene rings is 2. The predicted molar refractivity (Wildman–Crippen MR) is 165 cm³/mol. The van der Waals surface area contributed by atoms with E-state index >= 15 is 0 Å². The van der Waals surface area contributed by atoms with Gasteiger partial charge >= 0.3 is 0 Å². The molecule has 2 aromatic rings. The molecule has 0 saturated carbocycles. The molecule has 2 aromatic carbocycles. The van der Waals surface area contributed by atoms with Crippen LogP contribution in [0.25, 0.3) is 0 Å². The van der Waals surface area contributed by atoms with E-state index in [1.165, 1.54) is 11.1 Å². The lowest BCUT2D eigenvalue weighted by molar-refractivity contribution is -0.127. The Labute approximate surface area is 226 Å². The summed E-state index contributed by atoms with van der Waals surface area (Å²) in [5, 5.41) is 0. The molecule has 0 radical (unpaired) electrons. The molecule has 0 spiro atoms. The zero-order valence-electron chi connectivity index (χ0n) is 26.0. The zero-order chi connectivity index (χ0) is 28.1. The third-order valence-corrected chi connectivity index (χ3v) is 12.0. The second-order valence-corrected chi connectivity index (χ2v) is 23.2. The number of rotatable bonds is 8. The first kappa shape index (κ1) is 32.8. The van der Waals surface area contributed by atoms with Crippen molar-refractivity contribution in [3.63, 3.8) is 0 Å². The Morgan fingerprint density at radius 1 is 0.472 bits per heavy atom. The quantitative estimate of drug-likeness (QED) is 0.193. The van der Waals surface area contributed by atoms with Gasteiger partial charge in [0.25, 0.3) is 0 Å². The van der Waals surface area contributed by atoms with Gasteiger partial charge < -0.3 is 0 Å². The molecule has 0 bridgehead atoms. The van der Waals surface area contributed by atoms with Crippen molar-refractivity contribution in [3.05, 3.63) is 71.8 Å². The van der Waals surface area contributed by atoms with Gasteiger partial charge in [-0.25, -0.2) is 0 Å². The standard InChI is InChI=1S/C18H22.C14H34O2Si2/c1-17(2,15-11-7-5-8-12-15)18(3,4)16-13-9-6-10-14-16;1-13(2,3)11-17(7,8)15-16-18(9,10)12-14(4,5)6/h5-14H,1-4H3;11-12H2,1-10H3. The minimum atomic E-state index is -1.71. The molecule has 0 aliphatic carbocycles. The largest absolute Gasteiger partial charge is 0.298 e. The normalized spacial score (nSPS) is 13.7. The van der Waals surface area contributed by atoms with E-state index in [9.17, 15) is 0 Å². The van der Waals surface area contributed by atoms with Crippen molar-refractivity contribution in [2.75, 3.05) is 0 Å². The fourth-order valence-electron chi connectivity index (χ4n) is 5.27. The van der Waals surface area contributed by atoms with E-state index < -0.39 is 16.6 Å². The van der Waals surface area contributed by atoms with Crippen molar-refractivity contribution in [1.82, 2.24) is 0 Å². The van der Waals surface area contributed by atoms with Crippen molar-refractivity contribution >= 4 is 16.6 Å². The molecule has 0 unspecified atom stereocenters. The van der Waals surface area contributed by atoms with Crippen LogP contribution >= 0.6 is 0 Å². The van der Waals surface area contributed by atoms with Gasteiger partial charge in [0.15, 0.2) is 0 Å². The van der Waals surface area contributed by atoms with Crippen LogP contribution in [-0.4, -0.2) is 16.6 Å². The summed E-state index contributed by atoms with van der Waals surface area (Å²) in [5.41, 5.74) is 3.59. The molecule has 0 saturated heterocycles. The van der Waals surface area contributed by atoms with Gasteiger partial charge in [-0.3, -0.25) is 9.15 Å². The third kappa shape index (κ3) is 11.0. The van der Waals surface area contributed by atoms with Crippen molar-refractivity contribution in [2.24, 2.45) is 10.8 Å². The maximum absolute atomic E-state index is 5.92. The zero-order valence-corrected chi connectivity index (χ0v) is 28.0. The Morgan fingerprint density at radius 3 is 0.944 bits per heavy atom. The van der Waals surface area contributed by atoms with E-state index in [4.69, 9.17) is 9.15 Å². The molecule has 0 aliphatic rings. The van der Waals surface area contributed by atoms with Crippen LogP contribution < -0.4 is 0 Å². The Morgan fingerprint density at radius 2 is 0.722 bits per heavy atom. The van der Waals surface area contributed by atoms with Crippen LogP contribution in [0.4, 0.5) is 0 Å². The number of hydrogen-bond acceptors (Lipinski definition) is 2. The predicted octanol–water partition coefficient (Wildman–Crippen LogP) is 10.4. The van der Waals surface area contributed by atoms with Gasteiger partial charge in [0.2, 0.25) is 16.6 Å². The Hall–Kier alpha value is -1.21. The SMILES string of the molecule is CC(C)(C)C[Si](C)(C)OO[Si](C)(C)CC(C)(C)C.CC(C)(c1ccccc1)C(C)(C)c1ccccc1. The van der Waals surface area contributed by atoms with E-state index in [1.807, 2.05) is 0 Å². The smallest absolute Gasteiger partial charge is 0.231 e. The van der Waals surface area contributed by atoms with Gasteiger partial charge in [0, 0.05) is 0 Å². The van der Waals surface area contributed by atoms with E-state index in [0.717, 1.165) is 12.1 Å². The summed E-state index contributed by atoms with van der Waals surface area (Å²) >= 11 is 0. The molecular weight excluding hydrogens is 473 g/mol. The van der Waals surface area contributed by atoms with Crippen LogP contribution in [0.3, 0.4) is 0 Å². The summed E-state index contributed by atoms with van der Waals surface area (Å²) in [6, 6.07) is 23.8. The summed E-state index contributed by atoms with van der Waals surface area (Å²) in [4.78, 5) is 0. The average Bonchev–Trinajstić information content (AvgIpc) is 2.71. The van der Waals surface area contributed by atoms with E-state index in [0.29, 0.717) is 10.8 Å². The highest BCUT2D eigenvalue weighted by Crippen LogP contribution is 2.43. The van der Waals surface area contributed by atoms with Crippen molar-refractivity contribution in [2.45, 2.75) is 118 Å². The lowest BCUT2D eigenvalue weighted by Crippen LogP contribution is -2.42. The second-order valence-electron chi connectivity index (χ2n) is 15.1. The molecule has 204 valence electrons. The Bertz CT molecular complexity index is 825. The van der Waals surface area contributed by atoms with Gasteiger partial charge in [-0.15, -0.1) is 0 Å². The summed E-state index contributed by atoms with van der Waals surface area (Å²) in [5.74, 6) is 0. The first-order valence-corrected chi connectivity index (χ1v) is 19.8. The van der Waals surface area contributed by atoms with Crippen molar-refractivity contribution in [1.29, 1.82) is 0 Å². The molecule has 0 amide bonds. The first-order valence-electron chi connectivity index (χ1n) is 13.6. The first-order chi connectivity index (χ1) is 16.1. The second kappa shape index (κ2) is 12.1. The van der Waals surface area contributed by atoms with Crippen LogP contribution in [0.5, 0.6) is 0 Å². The van der Waals surface area contributed by atoms with Crippen LogP contribution in [0.15, 0.2) is 60.7 Å². The molecule has 0 fully saturated rings. The Balaban J connectivity index is 0.000000360. The molecule has 0 N–H and O–H groups in total. The van der Waals surface area contributed by atoms with E-state index in [-0.39, 0.29) is 10.8 Å². The maximum atomic E-state index is 5.92. The van der Waals surface area contributed by atoms with Gasteiger partial charge in [0.1, 0.15) is 0 Å². The van der Waals surface area contributed by atoms with Gasteiger partial charge in [-0.1, -0.05) is 130 Å². The maximum Gasteiger partial charge on any atom is 0.231 e. The summed E-state index contributed by atoms with van der Waals surface area (Å²) in [6.07, 6.45) is 0. The van der Waals surface area contributed by atoms with Crippen molar-refractivity contribution in [3.8, 4) is 0 Å². The molecule has 2 nitrogen and oxygen atoms in total. The lowest BCUT2D eigenvalue weighted by atomic mass is 9.61. The highest BCUT2D eigenvalue weighted by molar-refractivity contribution is 6.74. The minimum Gasteiger partial charge on any atom is -0.298 e.